The molecule has 0 amide bonds. The third-order valence-corrected chi connectivity index (χ3v) is 9.94. The van der Waals surface area contributed by atoms with Crippen molar-refractivity contribution in [3.05, 3.63) is 166 Å². The number of rotatable bonds is 0. The molecule has 0 aromatic heterocycles. The Labute approximate surface area is 301 Å². The second-order valence-corrected chi connectivity index (χ2v) is 13.5. The number of ether oxygens (including phenoxy) is 4. The van der Waals surface area contributed by atoms with Crippen molar-refractivity contribution >= 4 is 11.9 Å². The molecule has 11 nitrogen and oxygen atoms in total. The standard InChI is InChI=1S/C22H17NO5.C20H12O5/c1-21(23)8-6-14-15(7-9-21)22(28-20(14)26)16-4-2-12(24)10-18(16)27-19-11-13(25)3-5-17(19)22;21-11-5-7-15-17(9-11)24-18-10-12(22)6-8-16(18)20(15)14-4-2-1-3-13(14)19(23)25-20/h2-11,24-25H,23H2,1H3;1-10,21-22H. The molecule has 1 unspecified atom stereocenters. The maximum absolute atomic E-state index is 12.9. The van der Waals surface area contributed by atoms with E-state index < -0.39 is 28.7 Å². The van der Waals surface area contributed by atoms with Gasteiger partial charge in [-0.3, -0.25) is 0 Å². The van der Waals surface area contributed by atoms with Gasteiger partial charge >= 0.3 is 11.9 Å². The smallest absolute Gasteiger partial charge is 0.340 e. The fourth-order valence-electron chi connectivity index (χ4n) is 7.58. The quantitative estimate of drug-likeness (QED) is 0.107. The predicted molar refractivity (Wildman–Crippen MR) is 189 cm³/mol. The summed E-state index contributed by atoms with van der Waals surface area (Å²) in [6.07, 6.45) is 7.05. The summed E-state index contributed by atoms with van der Waals surface area (Å²) in [4.78, 5) is 25.4. The highest BCUT2D eigenvalue weighted by Gasteiger charge is 2.55. The largest absolute Gasteiger partial charge is 0.508 e. The fourth-order valence-corrected chi connectivity index (χ4v) is 7.58. The minimum Gasteiger partial charge on any atom is -0.508 e. The van der Waals surface area contributed by atoms with Crippen molar-refractivity contribution in [2.45, 2.75) is 23.7 Å². The maximum Gasteiger partial charge on any atom is 0.340 e. The van der Waals surface area contributed by atoms with Crippen LogP contribution >= 0.6 is 0 Å². The topological polar surface area (TPSA) is 178 Å². The van der Waals surface area contributed by atoms with Crippen LogP contribution in [0.2, 0.25) is 0 Å². The second-order valence-electron chi connectivity index (χ2n) is 13.5. The van der Waals surface area contributed by atoms with Crippen molar-refractivity contribution in [2.75, 3.05) is 0 Å². The molecule has 262 valence electrons. The molecule has 5 aromatic carbocycles. The molecule has 0 saturated heterocycles. The summed E-state index contributed by atoms with van der Waals surface area (Å²) in [6, 6.07) is 25.9. The molecule has 10 rings (SSSR count). The molecule has 4 heterocycles. The lowest BCUT2D eigenvalue weighted by Crippen LogP contribution is -2.34. The van der Waals surface area contributed by atoms with Crippen LogP contribution < -0.4 is 15.2 Å². The Kier molecular flexibility index (Phi) is 6.64. The Hall–Kier alpha value is -6.98. The molecule has 6 N–H and O–H groups in total. The van der Waals surface area contributed by atoms with Gasteiger partial charge in [0.25, 0.3) is 0 Å². The number of benzene rings is 5. The summed E-state index contributed by atoms with van der Waals surface area (Å²) in [5.74, 6) is 0.650. The number of hydrogen-bond acceptors (Lipinski definition) is 11. The van der Waals surface area contributed by atoms with Crippen LogP contribution in [-0.4, -0.2) is 37.9 Å². The van der Waals surface area contributed by atoms with E-state index in [9.17, 15) is 30.0 Å². The molecule has 5 aliphatic rings. The van der Waals surface area contributed by atoms with E-state index in [1.165, 1.54) is 48.5 Å². The van der Waals surface area contributed by atoms with E-state index in [1.54, 1.807) is 54.6 Å². The third-order valence-electron chi connectivity index (χ3n) is 9.94. The van der Waals surface area contributed by atoms with E-state index in [2.05, 4.69) is 0 Å². The van der Waals surface area contributed by atoms with Crippen LogP contribution in [0.3, 0.4) is 0 Å². The van der Waals surface area contributed by atoms with Crippen molar-refractivity contribution in [1.82, 2.24) is 0 Å². The number of fused-ring (bicyclic) bond motifs is 11. The van der Waals surface area contributed by atoms with Crippen LogP contribution in [0.25, 0.3) is 0 Å². The Morgan fingerprint density at radius 3 is 1.47 bits per heavy atom. The van der Waals surface area contributed by atoms with Crippen LogP contribution in [0, 0.1) is 0 Å². The highest BCUT2D eigenvalue weighted by molar-refractivity contribution is 5.99. The van der Waals surface area contributed by atoms with Gasteiger partial charge in [-0.25, -0.2) is 9.59 Å². The van der Waals surface area contributed by atoms with Gasteiger partial charge in [0.2, 0.25) is 0 Å². The lowest BCUT2D eigenvalue weighted by Gasteiger charge is -2.37. The van der Waals surface area contributed by atoms with E-state index >= 15 is 0 Å². The summed E-state index contributed by atoms with van der Waals surface area (Å²) in [5.41, 5.74) is 7.74. The van der Waals surface area contributed by atoms with E-state index in [-0.39, 0.29) is 23.0 Å². The zero-order valence-corrected chi connectivity index (χ0v) is 27.9. The molecule has 0 saturated carbocycles. The number of phenolic OH excluding ortho intramolecular Hbond substituents is 4. The van der Waals surface area contributed by atoms with Gasteiger partial charge in [-0.1, -0.05) is 36.4 Å². The van der Waals surface area contributed by atoms with E-state index in [0.29, 0.717) is 67.5 Å². The monoisotopic (exact) mass is 707 g/mol. The Bertz CT molecular complexity index is 2440. The average Bonchev–Trinajstić information content (AvgIpc) is 3.49. The molecular formula is C42H29NO10. The first kappa shape index (κ1) is 32.0. The Balaban J connectivity index is 0.000000141. The van der Waals surface area contributed by atoms with Gasteiger partial charge in [-0.2, -0.15) is 0 Å². The second kappa shape index (κ2) is 11.0. The van der Waals surface area contributed by atoms with Crippen molar-refractivity contribution in [3.63, 3.8) is 0 Å². The summed E-state index contributed by atoms with van der Waals surface area (Å²) in [6.45, 7) is 1.84. The van der Waals surface area contributed by atoms with Crippen LogP contribution in [-0.2, 0) is 25.5 Å². The molecule has 4 aliphatic heterocycles. The fraction of sp³-hybridized carbons (Fsp3) is 0.0952. The molecule has 1 atom stereocenters. The van der Waals surface area contributed by atoms with Gasteiger partial charge < -0.3 is 45.1 Å². The van der Waals surface area contributed by atoms with Crippen LogP contribution in [0.15, 0.2) is 133 Å². The van der Waals surface area contributed by atoms with E-state index in [0.717, 1.165) is 0 Å². The molecular weight excluding hydrogens is 678 g/mol. The summed E-state index contributed by atoms with van der Waals surface area (Å²) in [7, 11) is 0. The number of phenols is 4. The SMILES string of the molecule is CC1(N)C=CC2=C(C=C1)C1(OC2=O)c2ccc(O)cc2Oc2cc(O)ccc21.O=C1OC2(c3ccc(O)cc3Oc3cc(O)ccc32)c2ccccc21. The third kappa shape index (κ3) is 4.64. The summed E-state index contributed by atoms with van der Waals surface area (Å²) < 4.78 is 23.7. The van der Waals surface area contributed by atoms with Gasteiger partial charge in [0.05, 0.1) is 16.7 Å². The molecule has 11 heteroatoms. The van der Waals surface area contributed by atoms with Gasteiger partial charge in [0, 0.05) is 57.7 Å². The average molecular weight is 708 g/mol. The number of nitrogens with two attached hydrogens (primary N) is 1. The zero-order valence-electron chi connectivity index (χ0n) is 27.9. The van der Waals surface area contributed by atoms with Gasteiger partial charge in [-0.05, 0) is 67.6 Å². The van der Waals surface area contributed by atoms with Crippen LogP contribution in [0.4, 0.5) is 0 Å². The minimum atomic E-state index is -1.27. The molecule has 2 spiro atoms. The number of hydrogen-bond donors (Lipinski definition) is 5. The van der Waals surface area contributed by atoms with Crippen LogP contribution in [0.5, 0.6) is 46.0 Å². The van der Waals surface area contributed by atoms with Gasteiger partial charge in [0.15, 0.2) is 11.2 Å². The van der Waals surface area contributed by atoms with E-state index in [4.69, 9.17) is 24.7 Å². The Morgan fingerprint density at radius 1 is 0.528 bits per heavy atom. The first-order valence-corrected chi connectivity index (χ1v) is 16.6. The van der Waals surface area contributed by atoms with Crippen LogP contribution in [0.1, 0.15) is 45.1 Å². The molecule has 53 heavy (non-hydrogen) atoms. The summed E-state index contributed by atoms with van der Waals surface area (Å²) >= 11 is 0. The van der Waals surface area contributed by atoms with Gasteiger partial charge in [-0.15, -0.1) is 0 Å². The van der Waals surface area contributed by atoms with Gasteiger partial charge in [0.1, 0.15) is 46.0 Å². The van der Waals surface area contributed by atoms with Crippen molar-refractivity contribution in [1.29, 1.82) is 0 Å². The van der Waals surface area contributed by atoms with Crippen molar-refractivity contribution in [3.8, 4) is 46.0 Å². The number of esters is 2. The van der Waals surface area contributed by atoms with E-state index in [1.807, 2.05) is 25.1 Å². The summed E-state index contributed by atoms with van der Waals surface area (Å²) in [5, 5.41) is 39.5. The number of carbonyl (C=O) groups excluding carboxylic acids is 2. The first-order valence-electron chi connectivity index (χ1n) is 16.6. The molecule has 1 aliphatic carbocycles. The molecule has 0 bridgehead atoms. The normalized spacial score (nSPS) is 19.9. The lowest BCUT2D eigenvalue weighted by molar-refractivity contribution is -0.144. The van der Waals surface area contributed by atoms with Crippen molar-refractivity contribution in [2.24, 2.45) is 5.73 Å². The zero-order chi connectivity index (χ0) is 36.9. The highest BCUT2D eigenvalue weighted by Crippen LogP contribution is 2.59. The lowest BCUT2D eigenvalue weighted by atomic mass is 9.77. The predicted octanol–water partition coefficient (Wildman–Crippen LogP) is 6.81. The first-order chi connectivity index (χ1) is 25.4. The molecule has 0 radical (unpaired) electrons. The highest BCUT2D eigenvalue weighted by atomic mass is 16.6. The maximum atomic E-state index is 12.9. The Morgan fingerprint density at radius 2 is 0.962 bits per heavy atom. The molecule has 0 fully saturated rings. The number of carbonyl (C=O) groups is 2. The number of aromatic hydroxyl groups is 4. The minimum absolute atomic E-state index is 0.0156. The molecule has 5 aromatic rings. The van der Waals surface area contributed by atoms with Crippen molar-refractivity contribution < 1.29 is 49.0 Å².